The lowest BCUT2D eigenvalue weighted by atomic mass is 10.3. The highest BCUT2D eigenvalue weighted by Crippen LogP contribution is 2.36. The fourth-order valence-corrected chi connectivity index (χ4v) is 4.55. The number of anilines is 1. The van der Waals surface area contributed by atoms with Gasteiger partial charge in [-0.05, 0) is 36.8 Å². The van der Waals surface area contributed by atoms with Gasteiger partial charge < -0.3 is 5.11 Å². The van der Waals surface area contributed by atoms with Crippen molar-refractivity contribution >= 4 is 68.1 Å². The monoisotopic (exact) mass is 455 g/mol. The van der Waals surface area contributed by atoms with Crippen molar-refractivity contribution in [3.05, 3.63) is 56.5 Å². The quantitative estimate of drug-likeness (QED) is 0.608. The summed E-state index contributed by atoms with van der Waals surface area (Å²) in [7, 11) is -4.08. The maximum absolute atomic E-state index is 13.1. The summed E-state index contributed by atoms with van der Waals surface area (Å²) in [5.41, 5.74) is 0.149. The van der Waals surface area contributed by atoms with E-state index in [-0.39, 0.29) is 50.1 Å². The molecule has 1 N–H and O–H groups in total. The standard InChI is InChI=1S/C16H13Cl4NO4S/c17-11-7-6-10(9-13(11)19)26(24,25)21(8-2-5-15(22)23)14-4-1-3-12(18)16(14)20/h1,3-4,6-7,9H,2,5,8H2,(H,22,23). The first kappa shape index (κ1) is 21.1. The highest BCUT2D eigenvalue weighted by atomic mass is 35.5. The SMILES string of the molecule is O=C(O)CCCN(c1cccc(Cl)c1Cl)S(=O)(=O)c1ccc(Cl)c(Cl)c1. The van der Waals surface area contributed by atoms with Crippen molar-refractivity contribution < 1.29 is 18.3 Å². The van der Waals surface area contributed by atoms with Gasteiger partial charge in [0.2, 0.25) is 0 Å². The van der Waals surface area contributed by atoms with E-state index in [1.807, 2.05) is 0 Å². The van der Waals surface area contributed by atoms with Gasteiger partial charge in [0.05, 0.1) is 30.7 Å². The molecule has 0 unspecified atom stereocenters. The Bertz CT molecular complexity index is 934. The Morgan fingerprint density at radius 3 is 2.31 bits per heavy atom. The van der Waals surface area contributed by atoms with E-state index >= 15 is 0 Å². The van der Waals surface area contributed by atoms with Crippen LogP contribution in [0.15, 0.2) is 41.3 Å². The third-order valence-electron chi connectivity index (χ3n) is 3.43. The van der Waals surface area contributed by atoms with E-state index in [1.165, 1.54) is 30.3 Å². The second-order valence-electron chi connectivity index (χ2n) is 5.22. The molecule has 5 nitrogen and oxygen atoms in total. The Kier molecular flexibility index (Phi) is 7.05. The van der Waals surface area contributed by atoms with Gasteiger partial charge >= 0.3 is 5.97 Å². The minimum Gasteiger partial charge on any atom is -0.481 e. The molecule has 0 saturated carbocycles. The van der Waals surface area contributed by atoms with Gasteiger partial charge in [-0.3, -0.25) is 9.10 Å². The third-order valence-corrected chi connectivity index (χ3v) is 6.79. The zero-order valence-corrected chi connectivity index (χ0v) is 17.0. The molecule has 0 radical (unpaired) electrons. The van der Waals surface area contributed by atoms with Gasteiger partial charge in [-0.2, -0.15) is 0 Å². The van der Waals surface area contributed by atoms with E-state index in [9.17, 15) is 13.2 Å². The van der Waals surface area contributed by atoms with E-state index < -0.39 is 16.0 Å². The maximum atomic E-state index is 13.1. The van der Waals surface area contributed by atoms with E-state index in [2.05, 4.69) is 0 Å². The Labute approximate surface area is 171 Å². The molecule has 0 aromatic heterocycles. The van der Waals surface area contributed by atoms with Crippen LogP contribution in [-0.4, -0.2) is 26.0 Å². The van der Waals surface area contributed by atoms with Gasteiger partial charge in [-0.1, -0.05) is 52.5 Å². The van der Waals surface area contributed by atoms with Crippen LogP contribution in [0.5, 0.6) is 0 Å². The first-order valence-electron chi connectivity index (χ1n) is 7.28. The Hall–Kier alpha value is -1.18. The lowest BCUT2D eigenvalue weighted by Crippen LogP contribution is -2.32. The first-order valence-corrected chi connectivity index (χ1v) is 10.2. The van der Waals surface area contributed by atoms with Crippen LogP contribution >= 0.6 is 46.4 Å². The van der Waals surface area contributed by atoms with Gasteiger partial charge in [-0.25, -0.2) is 8.42 Å². The van der Waals surface area contributed by atoms with E-state index in [0.29, 0.717) is 0 Å². The van der Waals surface area contributed by atoms with E-state index in [0.717, 1.165) is 4.31 Å². The lowest BCUT2D eigenvalue weighted by Gasteiger charge is -2.25. The number of sulfonamides is 1. The molecule has 0 saturated heterocycles. The molecule has 0 amide bonds. The zero-order valence-electron chi connectivity index (χ0n) is 13.1. The largest absolute Gasteiger partial charge is 0.481 e. The first-order chi connectivity index (χ1) is 12.1. The summed E-state index contributed by atoms with van der Waals surface area (Å²) in [5, 5.41) is 9.35. The lowest BCUT2D eigenvalue weighted by molar-refractivity contribution is -0.137. The van der Waals surface area contributed by atoms with E-state index in [1.54, 1.807) is 6.07 Å². The average molecular weight is 457 g/mol. The van der Waals surface area contributed by atoms with Crippen molar-refractivity contribution in [2.75, 3.05) is 10.8 Å². The number of carboxylic acid groups (broad SMARTS) is 1. The molecule has 2 aromatic carbocycles. The summed E-state index contributed by atoms with van der Waals surface area (Å²) in [5.74, 6) is -1.03. The predicted octanol–water partition coefficient (Wildman–Crippen LogP) is 5.36. The van der Waals surface area contributed by atoms with Gasteiger partial charge in [0, 0.05) is 13.0 Å². The van der Waals surface area contributed by atoms with Crippen molar-refractivity contribution in [3.8, 4) is 0 Å². The molecule has 10 heteroatoms. The summed E-state index contributed by atoms with van der Waals surface area (Å²) >= 11 is 24.0. The summed E-state index contributed by atoms with van der Waals surface area (Å²) in [4.78, 5) is 10.7. The van der Waals surface area contributed by atoms with Gasteiger partial charge in [0.25, 0.3) is 10.0 Å². The minimum absolute atomic E-state index is 0.0492. The van der Waals surface area contributed by atoms with Crippen molar-refractivity contribution in [1.82, 2.24) is 0 Å². The normalized spacial score (nSPS) is 11.4. The number of benzene rings is 2. The number of carboxylic acids is 1. The molecule has 2 rings (SSSR count). The van der Waals surface area contributed by atoms with Crippen molar-refractivity contribution in [2.24, 2.45) is 0 Å². The van der Waals surface area contributed by atoms with Gasteiger partial charge in [0.1, 0.15) is 0 Å². The van der Waals surface area contributed by atoms with Crippen molar-refractivity contribution in [3.63, 3.8) is 0 Å². The summed E-state index contributed by atoms with van der Waals surface area (Å²) in [6.45, 7) is -0.102. The smallest absolute Gasteiger partial charge is 0.303 e. The predicted molar refractivity (Wildman–Crippen MR) is 104 cm³/mol. The van der Waals surface area contributed by atoms with Gasteiger partial charge in [0.15, 0.2) is 0 Å². The molecular weight excluding hydrogens is 444 g/mol. The fourth-order valence-electron chi connectivity index (χ4n) is 2.19. The molecule has 0 aliphatic carbocycles. The summed E-state index contributed by atoms with van der Waals surface area (Å²) < 4.78 is 27.2. The number of hydrogen-bond acceptors (Lipinski definition) is 3. The Morgan fingerprint density at radius 2 is 1.69 bits per heavy atom. The Balaban J connectivity index is 2.52. The van der Waals surface area contributed by atoms with Crippen LogP contribution in [0.25, 0.3) is 0 Å². The highest BCUT2D eigenvalue weighted by molar-refractivity contribution is 7.92. The second kappa shape index (κ2) is 8.67. The highest BCUT2D eigenvalue weighted by Gasteiger charge is 2.27. The zero-order chi connectivity index (χ0) is 19.5. The Morgan fingerprint density at radius 1 is 1.00 bits per heavy atom. The molecule has 2 aromatic rings. The maximum Gasteiger partial charge on any atom is 0.303 e. The van der Waals surface area contributed by atoms with Crippen molar-refractivity contribution in [1.29, 1.82) is 0 Å². The molecule has 0 bridgehead atoms. The molecule has 26 heavy (non-hydrogen) atoms. The van der Waals surface area contributed by atoms with Crippen LogP contribution in [0.1, 0.15) is 12.8 Å². The number of hydrogen-bond donors (Lipinski definition) is 1. The molecule has 0 aliphatic rings. The molecule has 0 aliphatic heterocycles. The van der Waals surface area contributed by atoms with Crippen molar-refractivity contribution in [2.45, 2.75) is 17.7 Å². The molecule has 140 valence electrons. The fraction of sp³-hybridized carbons (Fsp3) is 0.188. The average Bonchev–Trinajstić information content (AvgIpc) is 2.56. The second-order valence-corrected chi connectivity index (χ2v) is 8.69. The molecule has 0 fully saturated rings. The van der Waals surface area contributed by atoms with Crippen LogP contribution in [0.4, 0.5) is 5.69 Å². The minimum atomic E-state index is -4.08. The topological polar surface area (TPSA) is 74.7 Å². The van der Waals surface area contributed by atoms with Crippen LogP contribution in [0.3, 0.4) is 0 Å². The molecule has 0 spiro atoms. The van der Waals surface area contributed by atoms with Gasteiger partial charge in [-0.15, -0.1) is 0 Å². The molecule has 0 atom stereocenters. The number of carbonyl (C=O) groups is 1. The van der Waals surface area contributed by atoms with Crippen LogP contribution < -0.4 is 4.31 Å². The third kappa shape index (κ3) is 4.75. The van der Waals surface area contributed by atoms with E-state index in [4.69, 9.17) is 51.5 Å². The number of aliphatic carboxylic acids is 1. The number of rotatable bonds is 7. The number of nitrogens with zero attached hydrogens (tertiary/aromatic N) is 1. The van der Waals surface area contributed by atoms with Crippen LogP contribution in [0.2, 0.25) is 20.1 Å². The molecular formula is C16H13Cl4NO4S. The molecule has 0 heterocycles. The van der Waals surface area contributed by atoms with Crippen LogP contribution in [0, 0.1) is 0 Å². The number of halogens is 4. The summed E-state index contributed by atoms with van der Waals surface area (Å²) in [6, 6.07) is 8.47. The van der Waals surface area contributed by atoms with Crippen LogP contribution in [-0.2, 0) is 14.8 Å². The summed E-state index contributed by atoms with van der Waals surface area (Å²) in [6.07, 6.45) is -0.121.